The zero-order valence-corrected chi connectivity index (χ0v) is 15.6. The molecule has 0 radical (unpaired) electrons. The number of allylic oxidation sites excluding steroid dienone is 2. The summed E-state index contributed by atoms with van der Waals surface area (Å²) in [4.78, 5) is 0. The van der Waals surface area contributed by atoms with Crippen molar-refractivity contribution in [2.24, 2.45) is 0 Å². The van der Waals surface area contributed by atoms with E-state index in [0.717, 1.165) is 43.0 Å². The summed E-state index contributed by atoms with van der Waals surface area (Å²) in [6.45, 7) is 6.21. The molecule has 3 rings (SSSR count). The van der Waals surface area contributed by atoms with E-state index in [1.807, 2.05) is 12.1 Å². The minimum atomic E-state index is 0.312. The SMILES string of the molecule is C/C=C(\C=C(/CCC)c1ccccc1)CNCc1cccc2c1OCO2. The first-order valence-corrected chi connectivity index (χ1v) is 9.31. The number of para-hydroxylation sites is 1. The molecule has 0 amide bonds. The molecule has 0 aromatic heterocycles. The smallest absolute Gasteiger partial charge is 0.231 e. The Bertz CT molecular complexity index is 778. The van der Waals surface area contributed by atoms with E-state index < -0.39 is 0 Å². The van der Waals surface area contributed by atoms with Crippen LogP contribution in [0, 0.1) is 0 Å². The maximum atomic E-state index is 5.58. The van der Waals surface area contributed by atoms with Gasteiger partial charge in [-0.05, 0) is 36.1 Å². The van der Waals surface area contributed by atoms with Crippen LogP contribution < -0.4 is 14.8 Å². The van der Waals surface area contributed by atoms with E-state index in [4.69, 9.17) is 9.47 Å². The summed E-state index contributed by atoms with van der Waals surface area (Å²) in [7, 11) is 0. The Balaban J connectivity index is 1.65. The number of ether oxygens (including phenoxy) is 2. The summed E-state index contributed by atoms with van der Waals surface area (Å²) < 4.78 is 11.0. The number of hydrogen-bond acceptors (Lipinski definition) is 3. The van der Waals surface area contributed by atoms with Crippen LogP contribution in [0.5, 0.6) is 11.5 Å². The summed E-state index contributed by atoms with van der Waals surface area (Å²) in [5, 5.41) is 3.53. The Morgan fingerprint density at radius 3 is 2.69 bits per heavy atom. The molecule has 1 N–H and O–H groups in total. The fourth-order valence-electron chi connectivity index (χ4n) is 3.15. The Hall–Kier alpha value is -2.52. The van der Waals surface area contributed by atoms with Crippen molar-refractivity contribution in [2.75, 3.05) is 13.3 Å². The van der Waals surface area contributed by atoms with Crippen LogP contribution >= 0.6 is 0 Å². The molecule has 0 saturated heterocycles. The summed E-state index contributed by atoms with van der Waals surface area (Å²) in [6.07, 6.45) is 6.72. The highest BCUT2D eigenvalue weighted by molar-refractivity contribution is 5.68. The van der Waals surface area contributed by atoms with Gasteiger partial charge in [-0.25, -0.2) is 0 Å². The highest BCUT2D eigenvalue weighted by Crippen LogP contribution is 2.35. The van der Waals surface area contributed by atoms with Crippen molar-refractivity contribution in [2.45, 2.75) is 33.2 Å². The third kappa shape index (κ3) is 4.55. The second kappa shape index (κ2) is 9.25. The number of fused-ring (bicyclic) bond motifs is 1. The first kappa shape index (κ1) is 18.3. The van der Waals surface area contributed by atoms with Gasteiger partial charge in [-0.1, -0.05) is 68.0 Å². The minimum Gasteiger partial charge on any atom is -0.454 e. The van der Waals surface area contributed by atoms with Gasteiger partial charge in [-0.15, -0.1) is 0 Å². The molecule has 2 aromatic carbocycles. The second-order valence-corrected chi connectivity index (χ2v) is 6.40. The minimum absolute atomic E-state index is 0.312. The highest BCUT2D eigenvalue weighted by atomic mass is 16.7. The lowest BCUT2D eigenvalue weighted by atomic mass is 9.98. The van der Waals surface area contributed by atoms with E-state index in [1.54, 1.807) is 0 Å². The zero-order chi connectivity index (χ0) is 18.2. The molecule has 1 aliphatic heterocycles. The molecule has 0 bridgehead atoms. The van der Waals surface area contributed by atoms with Gasteiger partial charge in [0, 0.05) is 18.7 Å². The Morgan fingerprint density at radius 1 is 1.08 bits per heavy atom. The van der Waals surface area contributed by atoms with Crippen molar-refractivity contribution in [3.8, 4) is 11.5 Å². The predicted octanol–water partition coefficient (Wildman–Crippen LogP) is 5.33. The lowest BCUT2D eigenvalue weighted by Gasteiger charge is -2.11. The Morgan fingerprint density at radius 2 is 1.92 bits per heavy atom. The lowest BCUT2D eigenvalue weighted by Crippen LogP contribution is -2.16. The van der Waals surface area contributed by atoms with Gasteiger partial charge in [0.2, 0.25) is 6.79 Å². The van der Waals surface area contributed by atoms with Gasteiger partial charge in [0.15, 0.2) is 11.5 Å². The van der Waals surface area contributed by atoms with E-state index in [1.165, 1.54) is 16.7 Å². The summed E-state index contributed by atoms with van der Waals surface area (Å²) in [5.74, 6) is 1.71. The monoisotopic (exact) mass is 349 g/mol. The standard InChI is InChI=1S/C23H27NO2/c1-3-9-20(19-10-6-5-7-11-19)14-18(4-2)15-24-16-21-12-8-13-22-23(21)26-17-25-22/h4-8,10-14,24H,3,9,15-17H2,1-2H3/b18-4+,20-14+. The first-order valence-electron chi connectivity index (χ1n) is 9.31. The largest absolute Gasteiger partial charge is 0.454 e. The van der Waals surface area contributed by atoms with E-state index in [2.05, 4.69) is 67.7 Å². The van der Waals surface area contributed by atoms with Crippen LogP contribution in [0.25, 0.3) is 5.57 Å². The zero-order valence-electron chi connectivity index (χ0n) is 15.6. The number of rotatable bonds is 8. The Labute approximate surface area is 156 Å². The normalized spacial score (nSPS) is 13.9. The molecule has 0 unspecified atom stereocenters. The van der Waals surface area contributed by atoms with Gasteiger partial charge in [-0.2, -0.15) is 0 Å². The van der Waals surface area contributed by atoms with Crippen molar-refractivity contribution in [1.82, 2.24) is 5.32 Å². The van der Waals surface area contributed by atoms with Crippen LogP contribution in [-0.4, -0.2) is 13.3 Å². The molecule has 2 aromatic rings. The van der Waals surface area contributed by atoms with Gasteiger partial charge >= 0.3 is 0 Å². The number of nitrogens with one attached hydrogen (secondary N) is 1. The van der Waals surface area contributed by atoms with Crippen LogP contribution in [0.3, 0.4) is 0 Å². The molecule has 0 atom stereocenters. The van der Waals surface area contributed by atoms with E-state index in [0.29, 0.717) is 6.79 Å². The topological polar surface area (TPSA) is 30.5 Å². The first-order chi connectivity index (χ1) is 12.8. The molecule has 26 heavy (non-hydrogen) atoms. The van der Waals surface area contributed by atoms with Gasteiger partial charge in [0.05, 0.1) is 0 Å². The van der Waals surface area contributed by atoms with Gasteiger partial charge in [0.25, 0.3) is 0 Å². The average Bonchev–Trinajstić information content (AvgIpc) is 3.17. The van der Waals surface area contributed by atoms with Crippen LogP contribution in [0.2, 0.25) is 0 Å². The van der Waals surface area contributed by atoms with Crippen LogP contribution in [0.1, 0.15) is 37.8 Å². The molecule has 0 fully saturated rings. The van der Waals surface area contributed by atoms with Crippen molar-refractivity contribution in [3.63, 3.8) is 0 Å². The molecule has 3 heteroatoms. The molecule has 0 aliphatic carbocycles. The summed E-state index contributed by atoms with van der Waals surface area (Å²) >= 11 is 0. The molecule has 0 saturated carbocycles. The van der Waals surface area contributed by atoms with Crippen molar-refractivity contribution in [1.29, 1.82) is 0 Å². The fourth-order valence-corrected chi connectivity index (χ4v) is 3.15. The molecule has 1 heterocycles. The highest BCUT2D eigenvalue weighted by Gasteiger charge is 2.16. The van der Waals surface area contributed by atoms with Crippen LogP contribution in [0.15, 0.2) is 66.3 Å². The molecule has 136 valence electrons. The van der Waals surface area contributed by atoms with Crippen molar-refractivity contribution < 1.29 is 9.47 Å². The van der Waals surface area contributed by atoms with Gasteiger partial charge in [0.1, 0.15) is 0 Å². The maximum absolute atomic E-state index is 5.58. The number of hydrogen-bond donors (Lipinski definition) is 1. The molecular formula is C23H27NO2. The average molecular weight is 349 g/mol. The predicted molar refractivity (Wildman–Crippen MR) is 107 cm³/mol. The van der Waals surface area contributed by atoms with Gasteiger partial charge in [-0.3, -0.25) is 0 Å². The quantitative estimate of drug-likeness (QED) is 0.653. The van der Waals surface area contributed by atoms with Gasteiger partial charge < -0.3 is 14.8 Å². The third-order valence-electron chi connectivity index (χ3n) is 4.52. The summed E-state index contributed by atoms with van der Waals surface area (Å²) in [6, 6.07) is 16.7. The Kier molecular flexibility index (Phi) is 6.50. The lowest BCUT2D eigenvalue weighted by molar-refractivity contribution is 0.173. The number of benzene rings is 2. The van der Waals surface area contributed by atoms with Crippen LogP contribution in [0.4, 0.5) is 0 Å². The van der Waals surface area contributed by atoms with Crippen molar-refractivity contribution in [3.05, 3.63) is 77.4 Å². The third-order valence-corrected chi connectivity index (χ3v) is 4.52. The molecule has 3 nitrogen and oxygen atoms in total. The van der Waals surface area contributed by atoms with E-state index in [-0.39, 0.29) is 0 Å². The molecule has 1 aliphatic rings. The van der Waals surface area contributed by atoms with Crippen LogP contribution in [-0.2, 0) is 6.54 Å². The fraction of sp³-hybridized carbons (Fsp3) is 0.304. The van der Waals surface area contributed by atoms with Crippen molar-refractivity contribution >= 4 is 5.57 Å². The molecular weight excluding hydrogens is 322 g/mol. The maximum Gasteiger partial charge on any atom is 0.231 e. The van der Waals surface area contributed by atoms with E-state index >= 15 is 0 Å². The molecule has 0 spiro atoms. The van der Waals surface area contributed by atoms with E-state index in [9.17, 15) is 0 Å². The second-order valence-electron chi connectivity index (χ2n) is 6.40. The summed E-state index contributed by atoms with van der Waals surface area (Å²) in [5.41, 5.74) is 5.12.